The molecule has 0 aliphatic heterocycles. The van der Waals surface area contributed by atoms with Crippen LogP contribution in [0.25, 0.3) is 0 Å². The average molecular weight is 401 g/mol. The van der Waals surface area contributed by atoms with Gasteiger partial charge < -0.3 is 5.32 Å². The van der Waals surface area contributed by atoms with Gasteiger partial charge in [-0.25, -0.2) is 5.43 Å². The predicted molar refractivity (Wildman–Crippen MR) is 92.2 cm³/mol. The minimum Gasteiger partial charge on any atom is -0.353 e. The van der Waals surface area contributed by atoms with Gasteiger partial charge >= 0.3 is 0 Å². The van der Waals surface area contributed by atoms with Gasteiger partial charge in [-0.3, -0.25) is 9.59 Å². The van der Waals surface area contributed by atoms with Gasteiger partial charge in [-0.05, 0) is 67.1 Å². The van der Waals surface area contributed by atoms with E-state index < -0.39 is 0 Å². The summed E-state index contributed by atoms with van der Waals surface area (Å²) in [5, 5.41) is 6.80. The highest BCUT2D eigenvalue weighted by Crippen LogP contribution is 2.06. The van der Waals surface area contributed by atoms with E-state index in [2.05, 4.69) is 38.4 Å². The Kier molecular flexibility index (Phi) is 7.35. The molecular weight excluding hydrogens is 381 g/mol. The number of nitrogens with zero attached hydrogens (tertiary/aromatic N) is 1. The standard InChI is InChI=1S/C15H20IN3O2/c1-4-10(2)17-14(20)9-11(3)18-19-15(21)12-5-7-13(16)8-6-12/h5-8,10H,4,9H2,1-3H3,(H,17,20)(H,19,21)/b18-11-/t10-/m0/s1. The van der Waals surface area contributed by atoms with Crippen LogP contribution in [0, 0.1) is 3.57 Å². The first-order valence-electron chi connectivity index (χ1n) is 6.80. The van der Waals surface area contributed by atoms with E-state index in [0.717, 1.165) is 9.99 Å². The number of hydrogen-bond donors (Lipinski definition) is 2. The number of hydrogen-bond acceptors (Lipinski definition) is 3. The summed E-state index contributed by atoms with van der Waals surface area (Å²) in [6.45, 7) is 5.67. The van der Waals surface area contributed by atoms with Gasteiger partial charge in [0, 0.05) is 20.9 Å². The average Bonchev–Trinajstić information content (AvgIpc) is 2.45. The highest BCUT2D eigenvalue weighted by molar-refractivity contribution is 14.1. The molecule has 2 N–H and O–H groups in total. The summed E-state index contributed by atoms with van der Waals surface area (Å²) in [6, 6.07) is 7.32. The van der Waals surface area contributed by atoms with E-state index in [1.165, 1.54) is 0 Å². The number of rotatable bonds is 6. The van der Waals surface area contributed by atoms with Crippen molar-refractivity contribution >= 4 is 40.1 Å². The highest BCUT2D eigenvalue weighted by atomic mass is 127. The molecule has 1 rings (SSSR count). The molecular formula is C15H20IN3O2. The maximum Gasteiger partial charge on any atom is 0.271 e. The van der Waals surface area contributed by atoms with Crippen LogP contribution >= 0.6 is 22.6 Å². The molecule has 1 aromatic rings. The first kappa shape index (κ1) is 17.6. The zero-order valence-electron chi connectivity index (χ0n) is 12.4. The van der Waals surface area contributed by atoms with Crippen LogP contribution in [0.4, 0.5) is 0 Å². The zero-order valence-corrected chi connectivity index (χ0v) is 14.6. The van der Waals surface area contributed by atoms with Crippen molar-refractivity contribution < 1.29 is 9.59 Å². The lowest BCUT2D eigenvalue weighted by atomic mass is 10.2. The number of amides is 2. The van der Waals surface area contributed by atoms with Crippen LogP contribution in [0.15, 0.2) is 29.4 Å². The first-order chi connectivity index (χ1) is 9.92. The normalized spacial score (nSPS) is 12.7. The fourth-order valence-electron chi connectivity index (χ4n) is 1.51. The van der Waals surface area contributed by atoms with Gasteiger partial charge in [0.2, 0.25) is 5.91 Å². The van der Waals surface area contributed by atoms with Crippen LogP contribution in [0.5, 0.6) is 0 Å². The van der Waals surface area contributed by atoms with Crippen molar-refractivity contribution in [1.29, 1.82) is 0 Å². The molecule has 2 amide bonds. The molecule has 0 aliphatic carbocycles. The summed E-state index contributed by atoms with van der Waals surface area (Å²) in [5.41, 5.74) is 3.56. The fraction of sp³-hybridized carbons (Fsp3) is 0.400. The molecule has 0 radical (unpaired) electrons. The number of hydrazone groups is 1. The molecule has 1 aromatic carbocycles. The van der Waals surface area contributed by atoms with Crippen molar-refractivity contribution in [3.05, 3.63) is 33.4 Å². The molecule has 0 aliphatic rings. The van der Waals surface area contributed by atoms with Crippen molar-refractivity contribution in [2.45, 2.75) is 39.7 Å². The summed E-state index contributed by atoms with van der Waals surface area (Å²) in [6.07, 6.45) is 1.06. The molecule has 0 heterocycles. The van der Waals surface area contributed by atoms with Crippen LogP contribution in [0.3, 0.4) is 0 Å². The SMILES string of the molecule is CC[C@H](C)NC(=O)C/C(C)=N\NC(=O)c1ccc(I)cc1. The van der Waals surface area contributed by atoms with Gasteiger partial charge in [-0.1, -0.05) is 6.92 Å². The topological polar surface area (TPSA) is 70.6 Å². The molecule has 21 heavy (non-hydrogen) atoms. The minimum absolute atomic E-state index is 0.0888. The van der Waals surface area contributed by atoms with Crippen molar-refractivity contribution in [2.75, 3.05) is 0 Å². The molecule has 0 saturated carbocycles. The number of carbonyl (C=O) groups excluding carboxylic acids is 2. The maximum absolute atomic E-state index is 11.8. The minimum atomic E-state index is -0.284. The molecule has 0 unspecified atom stereocenters. The number of nitrogens with one attached hydrogen (secondary N) is 2. The van der Waals surface area contributed by atoms with E-state index in [1.807, 2.05) is 26.0 Å². The Morgan fingerprint density at radius 1 is 1.29 bits per heavy atom. The van der Waals surface area contributed by atoms with Gasteiger partial charge in [-0.2, -0.15) is 5.10 Å². The van der Waals surface area contributed by atoms with Gasteiger partial charge in [0.15, 0.2) is 0 Å². The second-order valence-electron chi connectivity index (χ2n) is 4.85. The molecule has 0 fully saturated rings. The molecule has 0 saturated heterocycles. The fourth-order valence-corrected chi connectivity index (χ4v) is 1.87. The number of carbonyl (C=O) groups is 2. The van der Waals surface area contributed by atoms with E-state index in [-0.39, 0.29) is 24.3 Å². The lowest BCUT2D eigenvalue weighted by Crippen LogP contribution is -2.33. The Morgan fingerprint density at radius 3 is 2.48 bits per heavy atom. The molecule has 6 heteroatoms. The van der Waals surface area contributed by atoms with E-state index in [1.54, 1.807) is 19.1 Å². The lowest BCUT2D eigenvalue weighted by molar-refractivity contribution is -0.120. The highest BCUT2D eigenvalue weighted by Gasteiger charge is 2.08. The van der Waals surface area contributed by atoms with Crippen LogP contribution < -0.4 is 10.7 Å². The molecule has 1 atom stereocenters. The van der Waals surface area contributed by atoms with Crippen LogP contribution in [-0.2, 0) is 4.79 Å². The second kappa shape index (κ2) is 8.76. The first-order valence-corrected chi connectivity index (χ1v) is 7.88. The second-order valence-corrected chi connectivity index (χ2v) is 6.09. The Morgan fingerprint density at radius 2 is 1.90 bits per heavy atom. The summed E-state index contributed by atoms with van der Waals surface area (Å²) in [5.74, 6) is -0.373. The van der Waals surface area contributed by atoms with Gasteiger partial charge in [0.25, 0.3) is 5.91 Å². The molecule has 5 nitrogen and oxygen atoms in total. The molecule has 0 bridgehead atoms. The van der Waals surface area contributed by atoms with Crippen molar-refractivity contribution in [3.63, 3.8) is 0 Å². The van der Waals surface area contributed by atoms with Crippen LogP contribution in [0.1, 0.15) is 44.0 Å². The maximum atomic E-state index is 11.8. The third kappa shape index (κ3) is 6.70. The zero-order chi connectivity index (χ0) is 15.8. The number of halogens is 1. The van der Waals surface area contributed by atoms with Crippen LogP contribution in [0.2, 0.25) is 0 Å². The predicted octanol–water partition coefficient (Wildman–Crippen LogP) is 2.70. The van der Waals surface area contributed by atoms with Crippen LogP contribution in [-0.4, -0.2) is 23.6 Å². The van der Waals surface area contributed by atoms with Crippen molar-refractivity contribution in [1.82, 2.24) is 10.7 Å². The van der Waals surface area contributed by atoms with E-state index >= 15 is 0 Å². The van der Waals surface area contributed by atoms with E-state index in [4.69, 9.17) is 0 Å². The van der Waals surface area contributed by atoms with Gasteiger partial charge in [0.1, 0.15) is 0 Å². The van der Waals surface area contributed by atoms with Crippen molar-refractivity contribution in [3.8, 4) is 0 Å². The molecule has 0 spiro atoms. The van der Waals surface area contributed by atoms with Gasteiger partial charge in [0.05, 0.1) is 6.42 Å². The number of benzene rings is 1. The smallest absolute Gasteiger partial charge is 0.271 e. The van der Waals surface area contributed by atoms with Crippen molar-refractivity contribution in [2.24, 2.45) is 5.10 Å². The monoisotopic (exact) mass is 401 g/mol. The third-order valence-electron chi connectivity index (χ3n) is 2.89. The lowest BCUT2D eigenvalue weighted by Gasteiger charge is -2.10. The summed E-state index contributed by atoms with van der Waals surface area (Å²) >= 11 is 2.17. The Balaban J connectivity index is 2.49. The van der Waals surface area contributed by atoms with Gasteiger partial charge in [-0.15, -0.1) is 0 Å². The van der Waals surface area contributed by atoms with E-state index in [9.17, 15) is 9.59 Å². The summed E-state index contributed by atoms with van der Waals surface area (Å²) in [4.78, 5) is 23.5. The Bertz CT molecular complexity index is 526. The Labute approximate surface area is 138 Å². The largest absolute Gasteiger partial charge is 0.353 e. The summed E-state index contributed by atoms with van der Waals surface area (Å²) < 4.78 is 1.06. The summed E-state index contributed by atoms with van der Waals surface area (Å²) in [7, 11) is 0. The van der Waals surface area contributed by atoms with E-state index in [0.29, 0.717) is 11.3 Å². The third-order valence-corrected chi connectivity index (χ3v) is 3.61. The quantitative estimate of drug-likeness (QED) is 0.437. The molecule has 0 aromatic heterocycles. The molecule has 114 valence electrons. The Hall–Kier alpha value is -1.44.